The lowest BCUT2D eigenvalue weighted by Gasteiger charge is -2.13. The highest BCUT2D eigenvalue weighted by Crippen LogP contribution is 2.20. The molecule has 0 atom stereocenters. The molecule has 1 amide bonds. The minimum absolute atomic E-state index is 0.141. The average Bonchev–Trinajstić information content (AvgIpc) is 2.62. The van der Waals surface area contributed by atoms with Gasteiger partial charge in [0.05, 0.1) is 16.1 Å². The average molecular weight is 362 g/mol. The fourth-order valence-corrected chi connectivity index (χ4v) is 3.29. The minimum atomic E-state index is -3.75. The van der Waals surface area contributed by atoms with E-state index in [2.05, 4.69) is 10.0 Å². The van der Waals surface area contributed by atoms with E-state index in [4.69, 9.17) is 4.74 Å². The van der Waals surface area contributed by atoms with Crippen molar-refractivity contribution in [3.8, 4) is 0 Å². The van der Waals surface area contributed by atoms with Crippen LogP contribution in [0.25, 0.3) is 0 Å². The summed E-state index contributed by atoms with van der Waals surface area (Å²) in [6, 6.07) is 14.5. The fourth-order valence-electron chi connectivity index (χ4n) is 2.19. The number of ether oxygens (including phenoxy) is 1. The molecule has 2 rings (SSSR count). The first-order valence-corrected chi connectivity index (χ1v) is 9.55. The summed E-state index contributed by atoms with van der Waals surface area (Å²) in [7, 11) is -3.75. The van der Waals surface area contributed by atoms with E-state index < -0.39 is 10.0 Å². The van der Waals surface area contributed by atoms with Gasteiger partial charge in [0.1, 0.15) is 0 Å². The molecule has 0 unspecified atom stereocenters. The summed E-state index contributed by atoms with van der Waals surface area (Å²) in [6.45, 7) is 3.57. The molecule has 0 aromatic heterocycles. The Morgan fingerprint density at radius 3 is 2.44 bits per heavy atom. The van der Waals surface area contributed by atoms with Gasteiger partial charge in [-0.05, 0) is 37.6 Å². The molecule has 0 spiro atoms. The number of sulfonamides is 1. The molecular formula is C18H22N2O4S. The molecule has 0 radical (unpaired) electrons. The predicted octanol–water partition coefficient (Wildman–Crippen LogP) is 2.64. The number of benzene rings is 2. The van der Waals surface area contributed by atoms with Gasteiger partial charge >= 0.3 is 0 Å². The van der Waals surface area contributed by atoms with E-state index in [9.17, 15) is 13.2 Å². The van der Waals surface area contributed by atoms with Gasteiger partial charge in [-0.2, -0.15) is 0 Å². The van der Waals surface area contributed by atoms with Gasteiger partial charge in [-0.25, -0.2) is 8.42 Å². The standard InChI is InChI=1S/C18H22N2O4S/c1-2-24-14-8-13-19-18(21)16-11-6-7-12-17(16)20-25(22,23)15-9-4-3-5-10-15/h3-7,9-12,20H,2,8,13-14H2,1H3,(H,19,21). The molecule has 2 aromatic carbocycles. The topological polar surface area (TPSA) is 84.5 Å². The van der Waals surface area contributed by atoms with Crippen LogP contribution in [0.4, 0.5) is 5.69 Å². The van der Waals surface area contributed by atoms with Crippen LogP contribution in [-0.2, 0) is 14.8 Å². The molecular weight excluding hydrogens is 340 g/mol. The summed E-state index contributed by atoms with van der Waals surface area (Å²) >= 11 is 0. The number of hydrogen-bond acceptors (Lipinski definition) is 4. The first-order valence-electron chi connectivity index (χ1n) is 8.07. The number of para-hydroxylation sites is 1. The van der Waals surface area contributed by atoms with Gasteiger partial charge < -0.3 is 10.1 Å². The van der Waals surface area contributed by atoms with E-state index in [0.29, 0.717) is 26.2 Å². The maximum absolute atomic E-state index is 12.4. The third kappa shape index (κ3) is 5.58. The number of carbonyl (C=O) groups is 1. The molecule has 6 nitrogen and oxygen atoms in total. The Kier molecular flexibility index (Phi) is 6.97. The minimum Gasteiger partial charge on any atom is -0.382 e. The van der Waals surface area contributed by atoms with Crippen LogP contribution in [0, 0.1) is 0 Å². The Bertz CT molecular complexity index is 792. The molecule has 7 heteroatoms. The van der Waals surface area contributed by atoms with Crippen LogP contribution in [0.3, 0.4) is 0 Å². The van der Waals surface area contributed by atoms with Crippen LogP contribution in [-0.4, -0.2) is 34.1 Å². The van der Waals surface area contributed by atoms with Crippen LogP contribution >= 0.6 is 0 Å². The summed E-state index contributed by atoms with van der Waals surface area (Å²) in [5.41, 5.74) is 0.520. The normalized spacial score (nSPS) is 11.1. The van der Waals surface area contributed by atoms with Gasteiger partial charge in [0, 0.05) is 19.8 Å². The lowest BCUT2D eigenvalue weighted by Crippen LogP contribution is -2.26. The number of rotatable bonds is 9. The quantitative estimate of drug-likeness (QED) is 0.672. The summed E-state index contributed by atoms with van der Waals surface area (Å²) in [6.07, 6.45) is 0.692. The Morgan fingerprint density at radius 2 is 1.72 bits per heavy atom. The van der Waals surface area contributed by atoms with E-state index in [0.717, 1.165) is 0 Å². The van der Waals surface area contributed by atoms with E-state index in [1.165, 1.54) is 12.1 Å². The molecule has 0 bridgehead atoms. The summed E-state index contributed by atoms with van der Waals surface area (Å²) < 4.78 is 32.6. The Morgan fingerprint density at radius 1 is 1.04 bits per heavy atom. The van der Waals surface area contributed by atoms with Crippen molar-refractivity contribution in [3.05, 3.63) is 60.2 Å². The van der Waals surface area contributed by atoms with Crippen LogP contribution < -0.4 is 10.0 Å². The molecule has 0 saturated heterocycles. The number of hydrogen-bond donors (Lipinski definition) is 2. The van der Waals surface area contributed by atoms with Gasteiger partial charge in [0.25, 0.3) is 15.9 Å². The van der Waals surface area contributed by atoms with Crippen molar-refractivity contribution in [2.75, 3.05) is 24.5 Å². The maximum Gasteiger partial charge on any atom is 0.261 e. The van der Waals surface area contributed by atoms with Gasteiger partial charge in [-0.1, -0.05) is 30.3 Å². The first kappa shape index (κ1) is 19.0. The van der Waals surface area contributed by atoms with Crippen molar-refractivity contribution < 1.29 is 17.9 Å². The van der Waals surface area contributed by atoms with Crippen molar-refractivity contribution in [2.24, 2.45) is 0 Å². The van der Waals surface area contributed by atoms with E-state index in [1.807, 2.05) is 6.92 Å². The second kappa shape index (κ2) is 9.19. The Hall–Kier alpha value is -2.38. The highest BCUT2D eigenvalue weighted by atomic mass is 32.2. The zero-order valence-electron chi connectivity index (χ0n) is 14.1. The summed E-state index contributed by atoms with van der Waals surface area (Å²) in [5.74, 6) is -0.331. The van der Waals surface area contributed by atoms with Gasteiger partial charge in [0.15, 0.2) is 0 Å². The summed E-state index contributed by atoms with van der Waals surface area (Å²) in [4.78, 5) is 12.5. The number of nitrogens with one attached hydrogen (secondary N) is 2. The molecule has 2 aromatic rings. The Balaban J connectivity index is 2.09. The van der Waals surface area contributed by atoms with Crippen LogP contribution in [0.1, 0.15) is 23.7 Å². The third-order valence-electron chi connectivity index (χ3n) is 3.42. The molecule has 0 heterocycles. The van der Waals surface area contributed by atoms with Crippen molar-refractivity contribution in [2.45, 2.75) is 18.2 Å². The molecule has 0 saturated carbocycles. The first-order chi connectivity index (χ1) is 12.0. The van der Waals surface area contributed by atoms with Gasteiger partial charge in [0.2, 0.25) is 0 Å². The maximum atomic E-state index is 12.4. The number of carbonyl (C=O) groups excluding carboxylic acids is 1. The fraction of sp³-hybridized carbons (Fsp3) is 0.278. The highest BCUT2D eigenvalue weighted by Gasteiger charge is 2.18. The SMILES string of the molecule is CCOCCCNC(=O)c1ccccc1NS(=O)(=O)c1ccccc1. The molecule has 134 valence electrons. The number of amides is 1. The highest BCUT2D eigenvalue weighted by molar-refractivity contribution is 7.92. The molecule has 2 N–H and O–H groups in total. The van der Waals surface area contributed by atoms with Crippen LogP contribution in [0.2, 0.25) is 0 Å². The van der Waals surface area contributed by atoms with Crippen molar-refractivity contribution >= 4 is 21.6 Å². The zero-order valence-corrected chi connectivity index (χ0v) is 14.9. The largest absolute Gasteiger partial charge is 0.382 e. The molecule has 0 fully saturated rings. The van der Waals surface area contributed by atoms with Crippen molar-refractivity contribution in [1.82, 2.24) is 5.32 Å². The smallest absolute Gasteiger partial charge is 0.261 e. The molecule has 0 aliphatic carbocycles. The lowest BCUT2D eigenvalue weighted by atomic mass is 10.1. The lowest BCUT2D eigenvalue weighted by molar-refractivity contribution is 0.0945. The van der Waals surface area contributed by atoms with Crippen LogP contribution in [0.15, 0.2) is 59.5 Å². The molecule has 0 aliphatic heterocycles. The molecule has 0 aliphatic rings. The predicted molar refractivity (Wildman–Crippen MR) is 97.1 cm³/mol. The summed E-state index contributed by atoms with van der Waals surface area (Å²) in [5, 5.41) is 2.77. The zero-order chi connectivity index (χ0) is 18.1. The second-order valence-corrected chi connectivity index (χ2v) is 6.95. The van der Waals surface area contributed by atoms with E-state index >= 15 is 0 Å². The van der Waals surface area contributed by atoms with E-state index in [1.54, 1.807) is 42.5 Å². The monoisotopic (exact) mass is 362 g/mol. The molecule has 25 heavy (non-hydrogen) atoms. The van der Waals surface area contributed by atoms with Crippen molar-refractivity contribution in [1.29, 1.82) is 0 Å². The number of anilines is 1. The second-order valence-electron chi connectivity index (χ2n) is 5.27. The van der Waals surface area contributed by atoms with Crippen LogP contribution in [0.5, 0.6) is 0 Å². The van der Waals surface area contributed by atoms with E-state index in [-0.39, 0.29) is 22.1 Å². The van der Waals surface area contributed by atoms with Gasteiger partial charge in [-0.15, -0.1) is 0 Å². The Labute approximate surface area is 148 Å². The van der Waals surface area contributed by atoms with Crippen molar-refractivity contribution in [3.63, 3.8) is 0 Å². The third-order valence-corrected chi connectivity index (χ3v) is 4.81. The van der Waals surface area contributed by atoms with Gasteiger partial charge in [-0.3, -0.25) is 9.52 Å².